The van der Waals surface area contributed by atoms with Crippen LogP contribution in [0.2, 0.25) is 0 Å². The van der Waals surface area contributed by atoms with Crippen molar-refractivity contribution in [2.24, 2.45) is 7.05 Å². The van der Waals surface area contributed by atoms with Crippen LogP contribution in [0.5, 0.6) is 0 Å². The Labute approximate surface area is 105 Å². The molecule has 0 fully saturated rings. The van der Waals surface area contributed by atoms with E-state index in [1.165, 1.54) is 12.1 Å². The Bertz CT molecular complexity index is 589. The summed E-state index contributed by atoms with van der Waals surface area (Å²) in [6.45, 7) is 0. The molecule has 0 saturated carbocycles. The highest BCUT2D eigenvalue weighted by atomic mass is 16.6. The van der Waals surface area contributed by atoms with Gasteiger partial charge in [-0.15, -0.1) is 0 Å². The monoisotopic (exact) mass is 241 g/mol. The smallest absolute Gasteiger partial charge is 0.258 e. The third kappa shape index (κ3) is 2.79. The first-order chi connectivity index (χ1) is 8.66. The Balaban J connectivity index is 2.19. The summed E-state index contributed by atoms with van der Waals surface area (Å²) in [4.78, 5) is 10.1. The fraction of sp³-hybridized carbons (Fsp3) is 0.0714. The summed E-state index contributed by atoms with van der Waals surface area (Å²) in [5.74, 6) is 0. The van der Waals surface area contributed by atoms with Gasteiger partial charge < -0.3 is 0 Å². The molecule has 0 aliphatic heterocycles. The Morgan fingerprint density at radius 3 is 2.44 bits per heavy atom. The van der Waals surface area contributed by atoms with Crippen LogP contribution in [0.1, 0.15) is 11.3 Å². The lowest BCUT2D eigenvalue weighted by Crippen LogP contribution is -2.30. The molecule has 1 aromatic carbocycles. The van der Waals surface area contributed by atoms with Crippen molar-refractivity contribution in [1.29, 1.82) is 0 Å². The molecule has 1 aromatic heterocycles. The molecule has 4 heteroatoms. The molecule has 0 N–H and O–H groups in total. The van der Waals surface area contributed by atoms with Crippen LogP contribution in [-0.4, -0.2) is 4.92 Å². The van der Waals surface area contributed by atoms with Crippen LogP contribution >= 0.6 is 0 Å². The van der Waals surface area contributed by atoms with Crippen molar-refractivity contribution < 1.29 is 9.49 Å². The SMILES string of the molecule is C[n+]1ccccc1C=Cc1ccc([N+](=O)[O-])cc1. The van der Waals surface area contributed by atoms with Gasteiger partial charge in [0.1, 0.15) is 7.05 Å². The van der Waals surface area contributed by atoms with Crippen molar-refractivity contribution in [3.63, 3.8) is 0 Å². The number of nitrogens with zero attached hydrogens (tertiary/aromatic N) is 2. The summed E-state index contributed by atoms with van der Waals surface area (Å²) in [5.41, 5.74) is 2.11. The van der Waals surface area contributed by atoms with E-state index < -0.39 is 4.92 Å². The van der Waals surface area contributed by atoms with Gasteiger partial charge in [0, 0.05) is 30.3 Å². The zero-order valence-corrected chi connectivity index (χ0v) is 9.98. The predicted molar refractivity (Wildman–Crippen MR) is 69.6 cm³/mol. The fourth-order valence-corrected chi connectivity index (χ4v) is 1.60. The summed E-state index contributed by atoms with van der Waals surface area (Å²) >= 11 is 0. The number of aromatic nitrogens is 1. The number of rotatable bonds is 3. The lowest BCUT2D eigenvalue weighted by molar-refractivity contribution is -0.673. The van der Waals surface area contributed by atoms with Crippen molar-refractivity contribution in [1.82, 2.24) is 0 Å². The Morgan fingerprint density at radius 2 is 1.83 bits per heavy atom. The lowest BCUT2D eigenvalue weighted by atomic mass is 10.2. The number of nitro benzene ring substituents is 1. The molecule has 0 aliphatic carbocycles. The number of hydrogen-bond donors (Lipinski definition) is 0. The molecule has 1 heterocycles. The van der Waals surface area contributed by atoms with Gasteiger partial charge in [-0.05, 0) is 29.8 Å². The summed E-state index contributed by atoms with van der Waals surface area (Å²) in [7, 11) is 1.97. The van der Waals surface area contributed by atoms with Gasteiger partial charge in [-0.25, -0.2) is 4.57 Å². The van der Waals surface area contributed by atoms with E-state index in [2.05, 4.69) is 0 Å². The van der Waals surface area contributed by atoms with Gasteiger partial charge in [0.15, 0.2) is 6.20 Å². The minimum absolute atomic E-state index is 0.109. The Morgan fingerprint density at radius 1 is 1.11 bits per heavy atom. The van der Waals surface area contributed by atoms with E-state index in [1.54, 1.807) is 12.1 Å². The topological polar surface area (TPSA) is 47.0 Å². The van der Waals surface area contributed by atoms with Gasteiger partial charge in [-0.3, -0.25) is 10.1 Å². The number of hydrogen-bond acceptors (Lipinski definition) is 2. The van der Waals surface area contributed by atoms with Crippen molar-refractivity contribution in [3.05, 3.63) is 70.0 Å². The Hall–Kier alpha value is -2.49. The van der Waals surface area contributed by atoms with Crippen LogP contribution in [-0.2, 0) is 7.05 Å². The molecule has 4 nitrogen and oxygen atoms in total. The van der Waals surface area contributed by atoms with Gasteiger partial charge in [0.05, 0.1) is 4.92 Å². The first kappa shape index (κ1) is 12.0. The van der Waals surface area contributed by atoms with Crippen LogP contribution in [0, 0.1) is 10.1 Å². The molecule has 0 saturated heterocycles. The summed E-state index contributed by atoms with van der Waals surface area (Å²) in [5, 5.41) is 10.5. The summed E-state index contributed by atoms with van der Waals surface area (Å²) in [6, 6.07) is 12.4. The van der Waals surface area contributed by atoms with Gasteiger partial charge >= 0.3 is 0 Å². The van der Waals surface area contributed by atoms with Crippen LogP contribution in [0.15, 0.2) is 48.7 Å². The highest BCUT2D eigenvalue weighted by molar-refractivity contribution is 5.67. The van der Waals surface area contributed by atoms with Gasteiger partial charge in [-0.1, -0.05) is 0 Å². The average Bonchev–Trinajstić information content (AvgIpc) is 2.38. The van der Waals surface area contributed by atoms with Gasteiger partial charge in [0.25, 0.3) is 5.69 Å². The maximum atomic E-state index is 10.5. The predicted octanol–water partition coefficient (Wildman–Crippen LogP) is 2.59. The molecule has 18 heavy (non-hydrogen) atoms. The number of nitro groups is 1. The molecule has 2 aromatic rings. The number of aryl methyl sites for hydroxylation is 1. The molecule has 0 unspecified atom stereocenters. The van der Waals surface area contributed by atoms with Crippen LogP contribution in [0.25, 0.3) is 12.2 Å². The van der Waals surface area contributed by atoms with E-state index in [4.69, 9.17) is 0 Å². The van der Waals surface area contributed by atoms with Gasteiger partial charge in [-0.2, -0.15) is 0 Å². The standard InChI is InChI=1S/C14H13N2O2/c1-15-11-3-2-4-13(15)8-5-12-6-9-14(10-7-12)16(17)18/h2-11H,1H3/q+1. The van der Waals surface area contributed by atoms with Crippen LogP contribution in [0.3, 0.4) is 0 Å². The first-order valence-corrected chi connectivity index (χ1v) is 5.54. The molecule has 0 spiro atoms. The van der Waals surface area contributed by atoms with Crippen molar-refractivity contribution in [2.45, 2.75) is 0 Å². The lowest BCUT2D eigenvalue weighted by Gasteiger charge is -1.94. The van der Waals surface area contributed by atoms with E-state index in [0.29, 0.717) is 0 Å². The molecule has 0 amide bonds. The van der Waals surface area contributed by atoms with E-state index in [0.717, 1.165) is 11.3 Å². The molecule has 0 bridgehead atoms. The fourth-order valence-electron chi connectivity index (χ4n) is 1.60. The molecule has 0 atom stereocenters. The second-order valence-corrected chi connectivity index (χ2v) is 3.92. The first-order valence-electron chi connectivity index (χ1n) is 5.54. The third-order valence-corrected chi connectivity index (χ3v) is 2.65. The minimum Gasteiger partial charge on any atom is -0.258 e. The van der Waals surface area contributed by atoms with Crippen molar-refractivity contribution in [2.75, 3.05) is 0 Å². The summed E-state index contributed by atoms with van der Waals surface area (Å²) in [6.07, 6.45) is 5.87. The molecule has 0 radical (unpaired) electrons. The largest absolute Gasteiger partial charge is 0.269 e. The number of pyridine rings is 1. The highest BCUT2D eigenvalue weighted by Gasteiger charge is 2.03. The Kier molecular flexibility index (Phi) is 3.48. The number of non-ortho nitro benzene ring substituents is 1. The zero-order valence-electron chi connectivity index (χ0n) is 9.98. The normalized spacial score (nSPS) is 10.7. The van der Waals surface area contributed by atoms with E-state index >= 15 is 0 Å². The van der Waals surface area contributed by atoms with E-state index in [-0.39, 0.29) is 5.69 Å². The minimum atomic E-state index is -0.398. The molecular formula is C14H13N2O2+. The zero-order chi connectivity index (χ0) is 13.0. The van der Waals surface area contributed by atoms with E-state index in [1.807, 2.05) is 48.2 Å². The molecule has 0 aliphatic rings. The van der Waals surface area contributed by atoms with E-state index in [9.17, 15) is 10.1 Å². The molecule has 90 valence electrons. The van der Waals surface area contributed by atoms with Crippen molar-refractivity contribution in [3.8, 4) is 0 Å². The highest BCUT2D eigenvalue weighted by Crippen LogP contribution is 2.13. The molecule has 2 rings (SSSR count). The maximum absolute atomic E-state index is 10.5. The average molecular weight is 241 g/mol. The second kappa shape index (κ2) is 5.23. The van der Waals surface area contributed by atoms with Crippen LogP contribution in [0.4, 0.5) is 5.69 Å². The summed E-state index contributed by atoms with van der Waals surface area (Å²) < 4.78 is 2.00. The van der Waals surface area contributed by atoms with Crippen LogP contribution < -0.4 is 4.57 Å². The van der Waals surface area contributed by atoms with Gasteiger partial charge in [0.2, 0.25) is 5.69 Å². The van der Waals surface area contributed by atoms with Crippen molar-refractivity contribution >= 4 is 17.8 Å². The third-order valence-electron chi connectivity index (χ3n) is 2.65. The maximum Gasteiger partial charge on any atom is 0.269 e. The quantitative estimate of drug-likeness (QED) is 0.471. The second-order valence-electron chi connectivity index (χ2n) is 3.92. The number of benzene rings is 1. The molecular weight excluding hydrogens is 228 g/mol.